The Bertz CT molecular complexity index is 540. The minimum Gasteiger partial charge on any atom is -0.497 e. The summed E-state index contributed by atoms with van der Waals surface area (Å²) >= 11 is 0. The molecule has 0 bridgehead atoms. The van der Waals surface area contributed by atoms with Crippen molar-refractivity contribution in [2.75, 3.05) is 7.11 Å². The lowest BCUT2D eigenvalue weighted by Gasteiger charge is -2.10. The highest BCUT2D eigenvalue weighted by molar-refractivity contribution is 5.40. The standard InChI is InChI=1S/C16H15O3/c1-17-13-6-4-5-12(11-13)9-10-16-18-14-7-2-3-8-15(14)19-16/h2-7,11,16H,9-10H2,1H3. The molecule has 0 fully saturated rings. The van der Waals surface area contributed by atoms with Gasteiger partial charge in [0.05, 0.1) is 7.11 Å². The van der Waals surface area contributed by atoms with Crippen molar-refractivity contribution >= 4 is 0 Å². The van der Waals surface area contributed by atoms with E-state index in [9.17, 15) is 0 Å². The second-order valence-electron chi connectivity index (χ2n) is 4.42. The predicted octanol–water partition coefficient (Wildman–Crippen LogP) is 3.23. The molecule has 0 amide bonds. The van der Waals surface area contributed by atoms with Crippen molar-refractivity contribution in [2.45, 2.75) is 19.1 Å². The van der Waals surface area contributed by atoms with E-state index in [2.05, 4.69) is 12.1 Å². The van der Waals surface area contributed by atoms with Gasteiger partial charge in [-0.15, -0.1) is 0 Å². The lowest BCUT2D eigenvalue weighted by Crippen LogP contribution is -2.18. The van der Waals surface area contributed by atoms with Gasteiger partial charge in [0.2, 0.25) is 6.29 Å². The van der Waals surface area contributed by atoms with Gasteiger partial charge in [0.15, 0.2) is 11.5 Å². The van der Waals surface area contributed by atoms with Gasteiger partial charge >= 0.3 is 0 Å². The molecule has 2 aromatic rings. The summed E-state index contributed by atoms with van der Waals surface area (Å²) in [6.45, 7) is 0. The zero-order chi connectivity index (χ0) is 13.1. The smallest absolute Gasteiger partial charge is 0.241 e. The van der Waals surface area contributed by atoms with Gasteiger partial charge in [0.1, 0.15) is 5.75 Å². The number of ether oxygens (including phenoxy) is 3. The predicted molar refractivity (Wildman–Crippen MR) is 71.6 cm³/mol. The Morgan fingerprint density at radius 2 is 2.16 bits per heavy atom. The molecule has 2 aromatic carbocycles. The van der Waals surface area contributed by atoms with Crippen LogP contribution in [0, 0.1) is 6.07 Å². The van der Waals surface area contributed by atoms with E-state index >= 15 is 0 Å². The highest BCUT2D eigenvalue weighted by Gasteiger charge is 2.23. The van der Waals surface area contributed by atoms with E-state index in [0.717, 1.165) is 24.3 Å². The molecule has 0 N–H and O–H groups in total. The van der Waals surface area contributed by atoms with Crippen LogP contribution >= 0.6 is 0 Å². The van der Waals surface area contributed by atoms with Crippen molar-refractivity contribution in [2.24, 2.45) is 0 Å². The third-order valence-corrected chi connectivity index (χ3v) is 3.09. The molecule has 3 rings (SSSR count). The van der Waals surface area contributed by atoms with Gasteiger partial charge in [-0.2, -0.15) is 0 Å². The second kappa shape index (κ2) is 5.22. The molecule has 3 nitrogen and oxygen atoms in total. The summed E-state index contributed by atoms with van der Waals surface area (Å²) in [5.41, 5.74) is 1.21. The van der Waals surface area contributed by atoms with Crippen LogP contribution < -0.4 is 14.2 Å². The van der Waals surface area contributed by atoms with Crippen LogP contribution in [-0.2, 0) is 6.42 Å². The van der Waals surface area contributed by atoms with Gasteiger partial charge in [-0.05, 0) is 30.2 Å². The fourth-order valence-corrected chi connectivity index (χ4v) is 2.12. The molecule has 1 radical (unpaired) electrons. The largest absolute Gasteiger partial charge is 0.497 e. The van der Waals surface area contributed by atoms with Crippen LogP contribution in [0.25, 0.3) is 0 Å². The van der Waals surface area contributed by atoms with Crippen molar-refractivity contribution in [1.29, 1.82) is 0 Å². The second-order valence-corrected chi connectivity index (χ2v) is 4.42. The fraction of sp³-hybridized carbons (Fsp3) is 0.250. The van der Waals surface area contributed by atoms with Crippen molar-refractivity contribution in [3.8, 4) is 17.2 Å². The van der Waals surface area contributed by atoms with Gasteiger partial charge in [-0.3, -0.25) is 0 Å². The zero-order valence-electron chi connectivity index (χ0n) is 10.8. The number of fused-ring (bicyclic) bond motifs is 1. The molecular formula is C16H15O3. The molecule has 0 saturated heterocycles. The molecule has 0 aromatic heterocycles. The Labute approximate surface area is 112 Å². The summed E-state index contributed by atoms with van der Waals surface area (Å²) in [4.78, 5) is 0. The Morgan fingerprint density at radius 3 is 3.00 bits per heavy atom. The maximum atomic E-state index is 5.70. The summed E-state index contributed by atoms with van der Waals surface area (Å²) in [7, 11) is 1.68. The monoisotopic (exact) mass is 255 g/mol. The number of benzene rings is 2. The number of methoxy groups -OCH3 is 1. The zero-order valence-corrected chi connectivity index (χ0v) is 10.8. The molecule has 3 heteroatoms. The van der Waals surface area contributed by atoms with Crippen LogP contribution in [0.2, 0.25) is 0 Å². The minimum absolute atomic E-state index is 0.222. The van der Waals surface area contributed by atoms with Gasteiger partial charge in [0, 0.05) is 12.5 Å². The number of aryl methyl sites for hydroxylation is 1. The highest BCUT2D eigenvalue weighted by atomic mass is 16.7. The minimum atomic E-state index is -0.222. The van der Waals surface area contributed by atoms with E-state index in [1.807, 2.05) is 36.4 Å². The fourth-order valence-electron chi connectivity index (χ4n) is 2.12. The van der Waals surface area contributed by atoms with E-state index in [0.29, 0.717) is 5.75 Å². The van der Waals surface area contributed by atoms with Gasteiger partial charge in [-0.1, -0.05) is 24.3 Å². The van der Waals surface area contributed by atoms with Crippen LogP contribution in [0.1, 0.15) is 12.0 Å². The van der Waals surface area contributed by atoms with E-state index in [-0.39, 0.29) is 6.29 Å². The van der Waals surface area contributed by atoms with Crippen LogP contribution in [-0.4, -0.2) is 13.4 Å². The molecule has 0 aliphatic carbocycles. The molecule has 1 aliphatic heterocycles. The molecule has 1 atom stereocenters. The molecule has 19 heavy (non-hydrogen) atoms. The lowest BCUT2D eigenvalue weighted by atomic mass is 10.1. The van der Waals surface area contributed by atoms with Crippen LogP contribution in [0.4, 0.5) is 0 Å². The molecular weight excluding hydrogens is 240 g/mol. The van der Waals surface area contributed by atoms with Crippen LogP contribution in [0.15, 0.2) is 42.5 Å². The van der Waals surface area contributed by atoms with Crippen molar-refractivity contribution in [3.05, 3.63) is 54.1 Å². The summed E-state index contributed by atoms with van der Waals surface area (Å²) in [6.07, 6.45) is 1.46. The lowest BCUT2D eigenvalue weighted by molar-refractivity contribution is 0.0421. The number of hydrogen-bond donors (Lipinski definition) is 0. The Balaban J connectivity index is 1.59. The van der Waals surface area contributed by atoms with Gasteiger partial charge in [-0.25, -0.2) is 0 Å². The van der Waals surface area contributed by atoms with E-state index in [4.69, 9.17) is 14.2 Å². The highest BCUT2D eigenvalue weighted by Crippen LogP contribution is 2.34. The molecule has 1 unspecified atom stereocenters. The summed E-state index contributed by atoms with van der Waals surface area (Å²) in [5.74, 6) is 2.36. The SMILES string of the molecule is COc1cccc(CCC2Oc3[c]cccc3O2)c1. The van der Waals surface area contributed by atoms with Crippen LogP contribution in [0.3, 0.4) is 0 Å². The maximum absolute atomic E-state index is 5.70. The number of para-hydroxylation sites is 1. The Kier molecular flexibility index (Phi) is 3.27. The third kappa shape index (κ3) is 2.65. The molecule has 1 aliphatic rings. The first-order valence-corrected chi connectivity index (χ1v) is 6.32. The average Bonchev–Trinajstić information content (AvgIpc) is 2.88. The number of rotatable bonds is 4. The first-order chi connectivity index (χ1) is 9.35. The van der Waals surface area contributed by atoms with Gasteiger partial charge in [0.25, 0.3) is 0 Å². The molecule has 0 saturated carbocycles. The quantitative estimate of drug-likeness (QED) is 0.839. The van der Waals surface area contributed by atoms with Crippen molar-refractivity contribution < 1.29 is 14.2 Å². The first-order valence-electron chi connectivity index (χ1n) is 6.32. The first kappa shape index (κ1) is 11.9. The Morgan fingerprint density at radius 1 is 1.21 bits per heavy atom. The van der Waals surface area contributed by atoms with Gasteiger partial charge < -0.3 is 14.2 Å². The van der Waals surface area contributed by atoms with Crippen LogP contribution in [0.5, 0.6) is 17.2 Å². The normalized spacial score (nSPS) is 13.5. The Hall–Kier alpha value is -2.16. The summed E-state index contributed by atoms with van der Waals surface area (Å²) < 4.78 is 16.6. The maximum Gasteiger partial charge on any atom is 0.241 e. The van der Waals surface area contributed by atoms with E-state index in [1.54, 1.807) is 7.11 Å². The molecule has 1 heterocycles. The topological polar surface area (TPSA) is 27.7 Å². The molecule has 97 valence electrons. The summed E-state index contributed by atoms with van der Waals surface area (Å²) in [6, 6.07) is 16.7. The van der Waals surface area contributed by atoms with E-state index < -0.39 is 0 Å². The third-order valence-electron chi connectivity index (χ3n) is 3.09. The summed E-state index contributed by atoms with van der Waals surface area (Å²) in [5, 5.41) is 0. The molecule has 0 spiro atoms. The van der Waals surface area contributed by atoms with E-state index in [1.165, 1.54) is 5.56 Å². The number of hydrogen-bond acceptors (Lipinski definition) is 3. The van der Waals surface area contributed by atoms with Crippen molar-refractivity contribution in [1.82, 2.24) is 0 Å². The van der Waals surface area contributed by atoms with Crippen molar-refractivity contribution in [3.63, 3.8) is 0 Å². The average molecular weight is 255 g/mol.